The van der Waals surface area contributed by atoms with Gasteiger partial charge < -0.3 is 5.41 Å². The van der Waals surface area contributed by atoms with Crippen LogP contribution in [0.3, 0.4) is 0 Å². The highest BCUT2D eigenvalue weighted by Crippen LogP contribution is 2.15. The molecule has 0 aliphatic rings. The van der Waals surface area contributed by atoms with Crippen molar-refractivity contribution in [2.45, 2.75) is 34.6 Å². The standard InChI is InChI=1S/C13H20N2O2/c1-7-15(12(6)16)13(17)10(4)8(2)9(3)11(5)14/h14H,3,7H2,1-2,4-6H3/b10-8+,14-11?. The van der Waals surface area contributed by atoms with Crippen molar-refractivity contribution in [3.05, 3.63) is 23.3 Å². The first-order valence-corrected chi connectivity index (χ1v) is 5.48. The Balaban J connectivity index is 5.28. The molecule has 2 amide bonds. The average Bonchev–Trinajstić information content (AvgIpc) is 2.26. The Morgan fingerprint density at radius 1 is 1.12 bits per heavy atom. The third-order valence-electron chi connectivity index (χ3n) is 2.73. The molecule has 0 radical (unpaired) electrons. The van der Waals surface area contributed by atoms with E-state index < -0.39 is 0 Å². The van der Waals surface area contributed by atoms with E-state index in [-0.39, 0.29) is 11.8 Å². The molecular weight excluding hydrogens is 216 g/mol. The van der Waals surface area contributed by atoms with Gasteiger partial charge in [0.05, 0.1) is 0 Å². The lowest BCUT2D eigenvalue weighted by molar-refractivity contribution is -0.140. The molecule has 0 saturated heterocycles. The van der Waals surface area contributed by atoms with E-state index >= 15 is 0 Å². The van der Waals surface area contributed by atoms with Gasteiger partial charge in [-0.2, -0.15) is 0 Å². The van der Waals surface area contributed by atoms with Crippen LogP contribution in [0.1, 0.15) is 34.6 Å². The number of hydrogen-bond donors (Lipinski definition) is 1. The molecule has 17 heavy (non-hydrogen) atoms. The van der Waals surface area contributed by atoms with Crippen LogP contribution in [0.25, 0.3) is 0 Å². The van der Waals surface area contributed by atoms with Gasteiger partial charge in [0.25, 0.3) is 5.91 Å². The van der Waals surface area contributed by atoms with Crippen LogP contribution in [-0.4, -0.2) is 29.0 Å². The summed E-state index contributed by atoms with van der Waals surface area (Å²) in [5.74, 6) is -0.596. The number of carbonyl (C=O) groups is 2. The van der Waals surface area contributed by atoms with Gasteiger partial charge in [0.2, 0.25) is 5.91 Å². The fraction of sp³-hybridized carbons (Fsp3) is 0.462. The zero-order valence-corrected chi connectivity index (χ0v) is 11.2. The van der Waals surface area contributed by atoms with Crippen molar-refractivity contribution in [1.29, 1.82) is 5.41 Å². The van der Waals surface area contributed by atoms with Gasteiger partial charge in [0.1, 0.15) is 0 Å². The van der Waals surface area contributed by atoms with E-state index in [4.69, 9.17) is 5.41 Å². The number of amides is 2. The molecule has 94 valence electrons. The molecule has 1 N–H and O–H groups in total. The molecule has 0 saturated carbocycles. The second kappa shape index (κ2) is 6.13. The maximum Gasteiger partial charge on any atom is 0.256 e. The van der Waals surface area contributed by atoms with Crippen LogP contribution in [0, 0.1) is 5.41 Å². The van der Waals surface area contributed by atoms with Crippen molar-refractivity contribution in [2.75, 3.05) is 6.54 Å². The van der Waals surface area contributed by atoms with Gasteiger partial charge in [-0.05, 0) is 38.8 Å². The number of hydrogen-bond acceptors (Lipinski definition) is 3. The Labute approximate surface area is 103 Å². The molecule has 4 heteroatoms. The molecule has 0 spiro atoms. The van der Waals surface area contributed by atoms with Gasteiger partial charge in [-0.1, -0.05) is 6.58 Å². The number of likely N-dealkylation sites (N-methyl/N-ethyl adjacent to an activating group) is 1. The van der Waals surface area contributed by atoms with Crippen molar-refractivity contribution in [2.24, 2.45) is 0 Å². The third kappa shape index (κ3) is 3.66. The highest BCUT2D eigenvalue weighted by molar-refractivity contribution is 6.07. The zero-order valence-electron chi connectivity index (χ0n) is 11.2. The van der Waals surface area contributed by atoms with Crippen LogP contribution in [0.2, 0.25) is 0 Å². The molecule has 0 fully saturated rings. The number of nitrogens with zero attached hydrogens (tertiary/aromatic N) is 1. The van der Waals surface area contributed by atoms with Crippen molar-refractivity contribution in [1.82, 2.24) is 4.90 Å². The smallest absolute Gasteiger partial charge is 0.256 e. The Hall–Kier alpha value is -1.71. The highest BCUT2D eigenvalue weighted by atomic mass is 16.2. The quantitative estimate of drug-likeness (QED) is 0.462. The molecule has 0 aromatic heterocycles. The summed E-state index contributed by atoms with van der Waals surface area (Å²) in [6.45, 7) is 12.2. The number of imide groups is 1. The minimum atomic E-state index is -0.320. The Morgan fingerprint density at radius 3 is 1.88 bits per heavy atom. The van der Waals surface area contributed by atoms with E-state index in [2.05, 4.69) is 6.58 Å². The summed E-state index contributed by atoms with van der Waals surface area (Å²) in [6, 6.07) is 0. The summed E-state index contributed by atoms with van der Waals surface area (Å²) in [4.78, 5) is 24.5. The van der Waals surface area contributed by atoms with Crippen molar-refractivity contribution < 1.29 is 9.59 Å². The van der Waals surface area contributed by atoms with Gasteiger partial charge in [0, 0.05) is 24.8 Å². The third-order valence-corrected chi connectivity index (χ3v) is 2.73. The van der Waals surface area contributed by atoms with E-state index in [1.54, 1.807) is 27.7 Å². The first-order chi connectivity index (χ1) is 7.73. The summed E-state index contributed by atoms with van der Waals surface area (Å²) in [5.41, 5.74) is 1.96. The lowest BCUT2D eigenvalue weighted by Crippen LogP contribution is -2.35. The van der Waals surface area contributed by atoms with Crippen LogP contribution < -0.4 is 0 Å². The van der Waals surface area contributed by atoms with Crippen LogP contribution in [-0.2, 0) is 9.59 Å². The molecule has 0 rings (SSSR count). The molecule has 0 aromatic carbocycles. The molecule has 0 aromatic rings. The van der Waals surface area contributed by atoms with Crippen LogP contribution in [0.4, 0.5) is 0 Å². The summed E-state index contributed by atoms with van der Waals surface area (Å²) in [6.07, 6.45) is 0. The van der Waals surface area contributed by atoms with E-state index in [1.165, 1.54) is 11.8 Å². The minimum absolute atomic E-state index is 0.276. The Morgan fingerprint density at radius 2 is 1.59 bits per heavy atom. The van der Waals surface area contributed by atoms with Crippen LogP contribution >= 0.6 is 0 Å². The molecule has 0 bridgehead atoms. The van der Waals surface area contributed by atoms with Gasteiger partial charge in [-0.3, -0.25) is 14.5 Å². The number of carbonyl (C=O) groups excluding carboxylic acids is 2. The fourth-order valence-electron chi connectivity index (χ4n) is 1.38. The topological polar surface area (TPSA) is 61.2 Å². The van der Waals surface area contributed by atoms with Crippen LogP contribution in [0.5, 0.6) is 0 Å². The number of nitrogens with one attached hydrogen (secondary N) is 1. The molecular formula is C13H20N2O2. The largest absolute Gasteiger partial charge is 0.305 e. The molecule has 0 unspecified atom stereocenters. The van der Waals surface area contributed by atoms with E-state index in [1.807, 2.05) is 0 Å². The summed E-state index contributed by atoms with van der Waals surface area (Å²) in [7, 11) is 0. The van der Waals surface area contributed by atoms with Crippen molar-refractivity contribution in [3.8, 4) is 0 Å². The first kappa shape index (κ1) is 15.3. The Bertz CT molecular complexity index is 406. The van der Waals surface area contributed by atoms with E-state index in [0.29, 0.717) is 29.0 Å². The predicted octanol–water partition coefficient (Wildman–Crippen LogP) is 2.31. The number of allylic oxidation sites excluding steroid dienone is 2. The van der Waals surface area contributed by atoms with Crippen molar-refractivity contribution >= 4 is 17.5 Å². The summed E-state index contributed by atoms with van der Waals surface area (Å²) in [5, 5.41) is 7.48. The maximum atomic E-state index is 12.0. The normalized spacial score (nSPS) is 11.6. The predicted molar refractivity (Wildman–Crippen MR) is 69.0 cm³/mol. The fourth-order valence-corrected chi connectivity index (χ4v) is 1.38. The van der Waals surface area contributed by atoms with Crippen molar-refractivity contribution in [3.63, 3.8) is 0 Å². The molecule has 4 nitrogen and oxygen atoms in total. The second-order valence-corrected chi connectivity index (χ2v) is 3.92. The summed E-state index contributed by atoms with van der Waals surface area (Å²) >= 11 is 0. The second-order valence-electron chi connectivity index (χ2n) is 3.92. The summed E-state index contributed by atoms with van der Waals surface area (Å²) < 4.78 is 0. The highest BCUT2D eigenvalue weighted by Gasteiger charge is 2.19. The monoisotopic (exact) mass is 236 g/mol. The molecule has 0 atom stereocenters. The van der Waals surface area contributed by atoms with Crippen LogP contribution in [0.15, 0.2) is 23.3 Å². The minimum Gasteiger partial charge on any atom is -0.305 e. The Kier molecular flexibility index (Phi) is 5.51. The molecule has 0 aliphatic carbocycles. The zero-order chi connectivity index (χ0) is 13.7. The number of rotatable bonds is 4. The lowest BCUT2D eigenvalue weighted by atomic mass is 10.00. The SMILES string of the molecule is C=C(C(C)=N)/C(C)=C(\C)C(=O)N(CC)C(C)=O. The van der Waals surface area contributed by atoms with Gasteiger partial charge >= 0.3 is 0 Å². The van der Waals surface area contributed by atoms with Gasteiger partial charge in [-0.25, -0.2) is 0 Å². The molecule has 0 aliphatic heterocycles. The van der Waals surface area contributed by atoms with Gasteiger partial charge in [-0.15, -0.1) is 0 Å². The van der Waals surface area contributed by atoms with E-state index in [9.17, 15) is 9.59 Å². The first-order valence-electron chi connectivity index (χ1n) is 5.48. The molecule has 0 heterocycles. The lowest BCUT2D eigenvalue weighted by Gasteiger charge is -2.19. The van der Waals surface area contributed by atoms with Gasteiger partial charge in [0.15, 0.2) is 0 Å². The maximum absolute atomic E-state index is 12.0. The van der Waals surface area contributed by atoms with E-state index in [0.717, 1.165) is 0 Å². The average molecular weight is 236 g/mol.